The van der Waals surface area contributed by atoms with Crippen LogP contribution in [0.25, 0.3) is 0 Å². The molecule has 0 aliphatic heterocycles. The van der Waals surface area contributed by atoms with Crippen LogP contribution in [0.15, 0.2) is 12.1 Å². The molecule has 1 aromatic carbocycles. The Morgan fingerprint density at radius 3 is 2.50 bits per heavy atom. The van der Waals surface area contributed by atoms with Crippen molar-refractivity contribution < 1.29 is 23.1 Å². The van der Waals surface area contributed by atoms with Crippen LogP contribution in [0.2, 0.25) is 0 Å². The summed E-state index contributed by atoms with van der Waals surface area (Å²) in [5.41, 5.74) is -0.00681. The van der Waals surface area contributed by atoms with Gasteiger partial charge in [-0.25, -0.2) is 13.2 Å². The standard InChI is InChI=1S/C11H11F3O2/c1-6(5-9(15)16)4-7-2-3-8(12)11(14)10(7)13/h2-3,6H,4-5H2,1H3,(H,15,16). The van der Waals surface area contributed by atoms with Gasteiger partial charge in [0, 0.05) is 6.42 Å². The molecule has 0 radical (unpaired) electrons. The second kappa shape index (κ2) is 5.01. The topological polar surface area (TPSA) is 37.3 Å². The molecule has 5 heteroatoms. The van der Waals surface area contributed by atoms with Crippen LogP contribution in [0, 0.1) is 23.4 Å². The molecule has 1 atom stereocenters. The number of carbonyl (C=O) groups is 1. The van der Waals surface area contributed by atoms with Crippen molar-refractivity contribution in [3.05, 3.63) is 35.1 Å². The quantitative estimate of drug-likeness (QED) is 0.810. The van der Waals surface area contributed by atoms with Gasteiger partial charge >= 0.3 is 5.97 Å². The van der Waals surface area contributed by atoms with Gasteiger partial charge in [-0.2, -0.15) is 0 Å². The molecule has 0 fully saturated rings. The van der Waals surface area contributed by atoms with E-state index in [1.807, 2.05) is 0 Å². The molecule has 2 nitrogen and oxygen atoms in total. The Morgan fingerprint density at radius 1 is 1.31 bits per heavy atom. The predicted molar refractivity (Wildman–Crippen MR) is 51.4 cm³/mol. The number of aliphatic carboxylic acids is 1. The van der Waals surface area contributed by atoms with Crippen LogP contribution in [-0.4, -0.2) is 11.1 Å². The van der Waals surface area contributed by atoms with Crippen molar-refractivity contribution in [2.75, 3.05) is 0 Å². The van der Waals surface area contributed by atoms with Crippen molar-refractivity contribution in [1.29, 1.82) is 0 Å². The van der Waals surface area contributed by atoms with Gasteiger partial charge in [-0.3, -0.25) is 4.79 Å². The molecule has 0 amide bonds. The summed E-state index contributed by atoms with van der Waals surface area (Å²) in [6, 6.07) is 1.97. The van der Waals surface area contributed by atoms with Crippen molar-refractivity contribution >= 4 is 5.97 Å². The summed E-state index contributed by atoms with van der Waals surface area (Å²) >= 11 is 0. The number of benzene rings is 1. The summed E-state index contributed by atoms with van der Waals surface area (Å²) in [4.78, 5) is 10.4. The summed E-state index contributed by atoms with van der Waals surface area (Å²) in [5, 5.41) is 8.50. The first-order valence-electron chi connectivity index (χ1n) is 4.76. The van der Waals surface area contributed by atoms with Gasteiger partial charge in [0.15, 0.2) is 17.5 Å². The molecule has 1 rings (SSSR count). The zero-order valence-corrected chi connectivity index (χ0v) is 8.64. The average molecular weight is 232 g/mol. The van der Waals surface area contributed by atoms with E-state index in [-0.39, 0.29) is 24.3 Å². The molecule has 16 heavy (non-hydrogen) atoms. The van der Waals surface area contributed by atoms with Gasteiger partial charge in [-0.05, 0) is 24.0 Å². The van der Waals surface area contributed by atoms with Gasteiger partial charge in [-0.15, -0.1) is 0 Å². The monoisotopic (exact) mass is 232 g/mol. The minimum absolute atomic E-state index is 0.00681. The molecule has 0 bridgehead atoms. The van der Waals surface area contributed by atoms with Crippen molar-refractivity contribution in [3.8, 4) is 0 Å². The molecular weight excluding hydrogens is 221 g/mol. The van der Waals surface area contributed by atoms with Gasteiger partial charge < -0.3 is 5.11 Å². The van der Waals surface area contributed by atoms with E-state index in [0.717, 1.165) is 12.1 Å². The van der Waals surface area contributed by atoms with Gasteiger partial charge in [0.05, 0.1) is 0 Å². The third-order valence-corrected chi connectivity index (χ3v) is 2.21. The van der Waals surface area contributed by atoms with E-state index in [4.69, 9.17) is 5.11 Å². The summed E-state index contributed by atoms with van der Waals surface area (Å²) in [7, 11) is 0. The smallest absolute Gasteiger partial charge is 0.303 e. The molecule has 1 N–H and O–H groups in total. The number of carboxylic acid groups (broad SMARTS) is 1. The molecule has 0 spiro atoms. The largest absolute Gasteiger partial charge is 0.481 e. The minimum atomic E-state index is -1.51. The molecule has 88 valence electrons. The summed E-state index contributed by atoms with van der Waals surface area (Å²) in [6.07, 6.45) is -0.0756. The highest BCUT2D eigenvalue weighted by Gasteiger charge is 2.16. The number of halogens is 3. The molecule has 1 unspecified atom stereocenters. The lowest BCUT2D eigenvalue weighted by atomic mass is 9.97. The Kier molecular flexibility index (Phi) is 3.93. The summed E-state index contributed by atoms with van der Waals surface area (Å²) in [5.74, 6) is -5.34. The van der Waals surface area contributed by atoms with Gasteiger partial charge in [0.1, 0.15) is 0 Å². The maximum absolute atomic E-state index is 13.2. The Bertz CT molecular complexity index is 404. The maximum atomic E-state index is 13.2. The van der Waals surface area contributed by atoms with E-state index in [0.29, 0.717) is 0 Å². The first kappa shape index (κ1) is 12.5. The lowest BCUT2D eigenvalue weighted by Crippen LogP contribution is -2.09. The third-order valence-electron chi connectivity index (χ3n) is 2.21. The lowest BCUT2D eigenvalue weighted by molar-refractivity contribution is -0.137. The van der Waals surface area contributed by atoms with E-state index >= 15 is 0 Å². The van der Waals surface area contributed by atoms with E-state index in [1.165, 1.54) is 0 Å². The first-order chi connectivity index (χ1) is 7.41. The fourth-order valence-electron chi connectivity index (χ4n) is 1.47. The molecule has 0 aliphatic carbocycles. The summed E-state index contributed by atoms with van der Waals surface area (Å²) < 4.78 is 38.6. The van der Waals surface area contributed by atoms with Crippen LogP contribution in [0.4, 0.5) is 13.2 Å². The minimum Gasteiger partial charge on any atom is -0.481 e. The lowest BCUT2D eigenvalue weighted by Gasteiger charge is -2.09. The highest BCUT2D eigenvalue weighted by molar-refractivity contribution is 5.67. The molecular formula is C11H11F3O2. The van der Waals surface area contributed by atoms with Crippen molar-refractivity contribution in [2.24, 2.45) is 5.92 Å². The second-order valence-corrected chi connectivity index (χ2v) is 3.74. The number of hydrogen-bond acceptors (Lipinski definition) is 1. The zero-order valence-electron chi connectivity index (χ0n) is 8.64. The number of rotatable bonds is 4. The number of hydrogen-bond donors (Lipinski definition) is 1. The van der Waals surface area contributed by atoms with E-state index in [9.17, 15) is 18.0 Å². The molecule has 0 heterocycles. The Balaban J connectivity index is 2.82. The number of carboxylic acids is 1. The normalized spacial score (nSPS) is 12.5. The highest BCUT2D eigenvalue weighted by atomic mass is 19.2. The fraction of sp³-hybridized carbons (Fsp3) is 0.364. The predicted octanol–water partition coefficient (Wildman–Crippen LogP) is 2.76. The fourth-order valence-corrected chi connectivity index (χ4v) is 1.47. The second-order valence-electron chi connectivity index (χ2n) is 3.74. The third kappa shape index (κ3) is 2.98. The summed E-state index contributed by atoms with van der Waals surface area (Å²) in [6.45, 7) is 1.61. The molecule has 1 aromatic rings. The SMILES string of the molecule is CC(CC(=O)O)Cc1ccc(F)c(F)c1F. The Morgan fingerprint density at radius 2 is 1.94 bits per heavy atom. The van der Waals surface area contributed by atoms with Crippen LogP contribution >= 0.6 is 0 Å². The van der Waals surface area contributed by atoms with Gasteiger partial charge in [0.2, 0.25) is 0 Å². The van der Waals surface area contributed by atoms with Crippen LogP contribution in [0.1, 0.15) is 18.9 Å². The molecule has 0 aliphatic rings. The maximum Gasteiger partial charge on any atom is 0.303 e. The zero-order chi connectivity index (χ0) is 12.3. The van der Waals surface area contributed by atoms with Crippen molar-refractivity contribution in [1.82, 2.24) is 0 Å². The average Bonchev–Trinajstić information content (AvgIpc) is 2.18. The Hall–Kier alpha value is -1.52. The van der Waals surface area contributed by atoms with Crippen LogP contribution < -0.4 is 0 Å². The molecule has 0 saturated carbocycles. The van der Waals surface area contributed by atoms with E-state index in [1.54, 1.807) is 6.92 Å². The van der Waals surface area contributed by atoms with Crippen molar-refractivity contribution in [2.45, 2.75) is 19.8 Å². The first-order valence-corrected chi connectivity index (χ1v) is 4.76. The molecule has 0 aromatic heterocycles. The van der Waals surface area contributed by atoms with E-state index in [2.05, 4.69) is 0 Å². The Labute approximate surface area is 90.7 Å². The molecule has 0 saturated heterocycles. The van der Waals surface area contributed by atoms with Crippen LogP contribution in [-0.2, 0) is 11.2 Å². The van der Waals surface area contributed by atoms with Crippen LogP contribution in [0.3, 0.4) is 0 Å². The van der Waals surface area contributed by atoms with Crippen LogP contribution in [0.5, 0.6) is 0 Å². The van der Waals surface area contributed by atoms with E-state index < -0.39 is 23.4 Å². The van der Waals surface area contributed by atoms with Gasteiger partial charge in [-0.1, -0.05) is 13.0 Å². The van der Waals surface area contributed by atoms with Crippen molar-refractivity contribution in [3.63, 3.8) is 0 Å². The van der Waals surface area contributed by atoms with Gasteiger partial charge in [0.25, 0.3) is 0 Å². The highest BCUT2D eigenvalue weighted by Crippen LogP contribution is 2.19.